The summed E-state index contributed by atoms with van der Waals surface area (Å²) in [6.45, 7) is 2.13. The lowest BCUT2D eigenvalue weighted by Crippen LogP contribution is -2.49. The molecule has 1 aromatic heterocycles. The van der Waals surface area contributed by atoms with Gasteiger partial charge in [0.2, 0.25) is 5.91 Å². The lowest BCUT2D eigenvalue weighted by Gasteiger charge is -2.31. The second kappa shape index (κ2) is 11.0. The van der Waals surface area contributed by atoms with Crippen molar-refractivity contribution in [1.82, 2.24) is 25.1 Å². The van der Waals surface area contributed by atoms with Gasteiger partial charge in [0.1, 0.15) is 5.82 Å². The number of nitrogens with one attached hydrogen (secondary N) is 2. The van der Waals surface area contributed by atoms with Crippen molar-refractivity contribution in [3.8, 4) is 0 Å². The Morgan fingerprint density at radius 3 is 2.61 bits per heavy atom. The monoisotopic (exact) mass is 424 g/mol. The molecule has 0 saturated heterocycles. The standard InChI is InChI=1S/C24H36N6O/c1-25-23(28-19-24(13-7-8-14-24)22(31)29(2)3)27-18-21-26-15-17-30(21)16-9-12-20-10-5-4-6-11-20/h4-6,10-11,15,17H,7-9,12-14,16,18-19H2,1-3H3,(H2,25,27,28). The number of carbonyl (C=O) groups is 1. The molecule has 1 fully saturated rings. The molecule has 0 spiro atoms. The van der Waals surface area contributed by atoms with Crippen LogP contribution in [-0.4, -0.2) is 54.0 Å². The van der Waals surface area contributed by atoms with Gasteiger partial charge in [0, 0.05) is 46.6 Å². The number of hydrogen-bond acceptors (Lipinski definition) is 3. The van der Waals surface area contributed by atoms with Gasteiger partial charge in [-0.05, 0) is 31.2 Å². The van der Waals surface area contributed by atoms with E-state index in [1.54, 1.807) is 11.9 Å². The summed E-state index contributed by atoms with van der Waals surface area (Å²) in [7, 11) is 5.44. The third kappa shape index (κ3) is 6.09. The van der Waals surface area contributed by atoms with E-state index >= 15 is 0 Å². The van der Waals surface area contributed by atoms with Crippen molar-refractivity contribution in [2.75, 3.05) is 27.7 Å². The molecule has 1 aliphatic carbocycles. The van der Waals surface area contributed by atoms with Crippen LogP contribution in [-0.2, 0) is 24.3 Å². The molecule has 31 heavy (non-hydrogen) atoms. The maximum atomic E-state index is 12.8. The molecule has 0 radical (unpaired) electrons. The molecule has 1 amide bonds. The van der Waals surface area contributed by atoms with E-state index < -0.39 is 0 Å². The van der Waals surface area contributed by atoms with Crippen LogP contribution < -0.4 is 10.6 Å². The summed E-state index contributed by atoms with van der Waals surface area (Å²) in [5.41, 5.74) is 1.04. The fraction of sp³-hybridized carbons (Fsp3) is 0.542. The highest BCUT2D eigenvalue weighted by atomic mass is 16.2. The molecule has 0 unspecified atom stereocenters. The van der Waals surface area contributed by atoms with E-state index in [1.165, 1.54) is 5.56 Å². The number of aliphatic imine (C=N–C) groups is 1. The van der Waals surface area contributed by atoms with Gasteiger partial charge in [0.05, 0.1) is 12.0 Å². The zero-order chi connectivity index (χ0) is 22.1. The quantitative estimate of drug-likeness (QED) is 0.480. The third-order valence-corrected chi connectivity index (χ3v) is 6.16. The molecule has 7 nitrogen and oxygen atoms in total. The van der Waals surface area contributed by atoms with Crippen LogP contribution in [0.25, 0.3) is 0 Å². The van der Waals surface area contributed by atoms with Crippen LogP contribution in [0.5, 0.6) is 0 Å². The summed E-state index contributed by atoms with van der Waals surface area (Å²) in [6, 6.07) is 10.6. The van der Waals surface area contributed by atoms with Crippen LogP contribution in [0.3, 0.4) is 0 Å². The van der Waals surface area contributed by atoms with E-state index in [4.69, 9.17) is 0 Å². The molecule has 0 bridgehead atoms. The highest BCUT2D eigenvalue weighted by molar-refractivity contribution is 5.85. The zero-order valence-corrected chi connectivity index (χ0v) is 19.1. The number of aromatic nitrogens is 2. The van der Waals surface area contributed by atoms with Gasteiger partial charge in [-0.1, -0.05) is 43.2 Å². The molecule has 3 rings (SSSR count). The van der Waals surface area contributed by atoms with Crippen LogP contribution in [0.15, 0.2) is 47.7 Å². The average Bonchev–Trinajstić information content (AvgIpc) is 3.44. The second-order valence-electron chi connectivity index (χ2n) is 8.59. The number of carbonyl (C=O) groups excluding carboxylic acids is 1. The lowest BCUT2D eigenvalue weighted by molar-refractivity contribution is -0.138. The second-order valence-corrected chi connectivity index (χ2v) is 8.59. The fourth-order valence-corrected chi connectivity index (χ4v) is 4.44. The van der Waals surface area contributed by atoms with Crippen molar-refractivity contribution >= 4 is 11.9 Å². The Balaban J connectivity index is 1.50. The molecule has 168 valence electrons. The van der Waals surface area contributed by atoms with Crippen LogP contribution in [0, 0.1) is 5.41 Å². The molecule has 2 aromatic rings. The number of nitrogens with zero attached hydrogens (tertiary/aromatic N) is 4. The average molecular weight is 425 g/mol. The number of hydrogen-bond donors (Lipinski definition) is 2. The first-order valence-corrected chi connectivity index (χ1v) is 11.2. The minimum absolute atomic E-state index is 0.210. The van der Waals surface area contributed by atoms with Crippen molar-refractivity contribution < 1.29 is 4.79 Å². The fourth-order valence-electron chi connectivity index (χ4n) is 4.44. The molecule has 0 aliphatic heterocycles. The van der Waals surface area contributed by atoms with Gasteiger partial charge in [-0.3, -0.25) is 9.79 Å². The molecular formula is C24H36N6O. The van der Waals surface area contributed by atoms with E-state index in [9.17, 15) is 4.79 Å². The Morgan fingerprint density at radius 2 is 1.94 bits per heavy atom. The number of guanidine groups is 1. The van der Waals surface area contributed by atoms with Crippen LogP contribution >= 0.6 is 0 Å². The van der Waals surface area contributed by atoms with E-state index in [0.717, 1.165) is 50.9 Å². The predicted octanol–water partition coefficient (Wildman–Crippen LogP) is 2.83. The third-order valence-electron chi connectivity index (χ3n) is 6.16. The minimum Gasteiger partial charge on any atom is -0.355 e. The number of aryl methyl sites for hydroxylation is 2. The maximum absolute atomic E-state index is 12.8. The molecule has 1 saturated carbocycles. The number of benzene rings is 1. The summed E-state index contributed by atoms with van der Waals surface area (Å²) in [6.07, 6.45) is 10.1. The van der Waals surface area contributed by atoms with Crippen LogP contribution in [0.1, 0.15) is 43.5 Å². The van der Waals surface area contributed by atoms with Crippen molar-refractivity contribution in [2.24, 2.45) is 10.4 Å². The topological polar surface area (TPSA) is 74.5 Å². The van der Waals surface area contributed by atoms with E-state index in [-0.39, 0.29) is 11.3 Å². The Labute approximate surface area is 186 Å². The number of amides is 1. The largest absolute Gasteiger partial charge is 0.355 e. The summed E-state index contributed by atoms with van der Waals surface area (Å²) in [4.78, 5) is 23.3. The van der Waals surface area contributed by atoms with Gasteiger partial charge in [-0.25, -0.2) is 4.98 Å². The molecular weight excluding hydrogens is 388 g/mol. The Morgan fingerprint density at radius 1 is 1.19 bits per heavy atom. The van der Waals surface area contributed by atoms with Gasteiger partial charge >= 0.3 is 0 Å². The zero-order valence-electron chi connectivity index (χ0n) is 19.1. The lowest BCUT2D eigenvalue weighted by atomic mass is 9.84. The highest BCUT2D eigenvalue weighted by Crippen LogP contribution is 2.38. The summed E-state index contributed by atoms with van der Waals surface area (Å²) in [5, 5.41) is 6.75. The minimum atomic E-state index is -0.322. The summed E-state index contributed by atoms with van der Waals surface area (Å²) < 4.78 is 2.19. The van der Waals surface area contributed by atoms with Gasteiger partial charge in [-0.15, -0.1) is 0 Å². The molecule has 1 aliphatic rings. The summed E-state index contributed by atoms with van der Waals surface area (Å²) >= 11 is 0. The molecule has 2 N–H and O–H groups in total. The van der Waals surface area contributed by atoms with Crippen molar-refractivity contribution in [2.45, 2.75) is 51.6 Å². The van der Waals surface area contributed by atoms with Gasteiger partial charge < -0.3 is 20.1 Å². The van der Waals surface area contributed by atoms with Crippen LogP contribution in [0.4, 0.5) is 0 Å². The Hall–Kier alpha value is -2.83. The van der Waals surface area contributed by atoms with Gasteiger partial charge in [-0.2, -0.15) is 0 Å². The predicted molar refractivity (Wildman–Crippen MR) is 125 cm³/mol. The Kier molecular flexibility index (Phi) is 8.09. The first-order chi connectivity index (χ1) is 15.0. The molecule has 7 heteroatoms. The highest BCUT2D eigenvalue weighted by Gasteiger charge is 2.42. The van der Waals surface area contributed by atoms with Gasteiger partial charge in [0.25, 0.3) is 0 Å². The molecule has 0 atom stereocenters. The smallest absolute Gasteiger partial charge is 0.230 e. The van der Waals surface area contributed by atoms with Crippen LogP contribution in [0.2, 0.25) is 0 Å². The normalized spacial score (nSPS) is 15.6. The Bertz CT molecular complexity index is 852. The number of rotatable bonds is 9. The van der Waals surface area contributed by atoms with E-state index in [0.29, 0.717) is 19.0 Å². The van der Waals surface area contributed by atoms with Crippen molar-refractivity contribution in [1.29, 1.82) is 0 Å². The van der Waals surface area contributed by atoms with Gasteiger partial charge in [0.15, 0.2) is 5.96 Å². The van der Waals surface area contributed by atoms with E-state index in [2.05, 4.69) is 55.5 Å². The van der Waals surface area contributed by atoms with Crippen molar-refractivity contribution in [3.63, 3.8) is 0 Å². The molecule has 1 aromatic carbocycles. The van der Waals surface area contributed by atoms with E-state index in [1.807, 2.05) is 26.5 Å². The first kappa shape index (κ1) is 22.8. The number of imidazole rings is 1. The molecule has 1 heterocycles. The SMILES string of the molecule is CN=C(NCc1nccn1CCCc1ccccc1)NCC1(C(=O)N(C)C)CCCC1. The van der Waals surface area contributed by atoms with Crippen molar-refractivity contribution in [3.05, 3.63) is 54.1 Å². The summed E-state index contributed by atoms with van der Waals surface area (Å²) in [5.74, 6) is 1.90. The first-order valence-electron chi connectivity index (χ1n) is 11.2. The maximum Gasteiger partial charge on any atom is 0.230 e.